The van der Waals surface area contributed by atoms with E-state index in [1.165, 1.54) is 11.3 Å². The van der Waals surface area contributed by atoms with Crippen LogP contribution in [0.25, 0.3) is 0 Å². The van der Waals surface area contributed by atoms with Gasteiger partial charge in [0.15, 0.2) is 17.3 Å². The Morgan fingerprint density at radius 1 is 1.28 bits per heavy atom. The van der Waals surface area contributed by atoms with Crippen molar-refractivity contribution in [1.82, 2.24) is 4.98 Å². The lowest BCUT2D eigenvalue weighted by atomic mass is 10.1. The summed E-state index contributed by atoms with van der Waals surface area (Å²) in [5, 5.41) is 0. The molecule has 1 aromatic carbocycles. The third-order valence-corrected chi connectivity index (χ3v) is 3.30. The summed E-state index contributed by atoms with van der Waals surface area (Å²) in [6, 6.07) is 5.17. The molecule has 0 unspecified atom stereocenters. The van der Waals surface area contributed by atoms with Gasteiger partial charge in [-0.1, -0.05) is 0 Å². The predicted molar refractivity (Wildman–Crippen MR) is 69.7 cm³/mol. The zero-order valence-electron chi connectivity index (χ0n) is 10.2. The molecule has 2 aromatic rings. The molecule has 0 spiro atoms. The van der Waals surface area contributed by atoms with Gasteiger partial charge in [-0.3, -0.25) is 9.78 Å². The number of ketones is 1. The van der Waals surface area contributed by atoms with Gasteiger partial charge in [-0.25, -0.2) is 0 Å². The molecule has 1 heterocycles. The highest BCUT2D eigenvalue weighted by molar-refractivity contribution is 7.09. The van der Waals surface area contributed by atoms with Crippen molar-refractivity contribution in [2.45, 2.75) is 6.42 Å². The first-order valence-electron chi connectivity index (χ1n) is 5.37. The maximum Gasteiger partial charge on any atom is 0.168 e. The van der Waals surface area contributed by atoms with Crippen LogP contribution in [-0.2, 0) is 6.42 Å². The van der Waals surface area contributed by atoms with Gasteiger partial charge in [-0.2, -0.15) is 0 Å². The summed E-state index contributed by atoms with van der Waals surface area (Å²) in [5.41, 5.74) is 2.33. The molecule has 0 aliphatic heterocycles. The second kappa shape index (κ2) is 5.64. The molecule has 1 aromatic heterocycles. The number of methoxy groups -OCH3 is 2. The topological polar surface area (TPSA) is 48.4 Å². The average Bonchev–Trinajstić information content (AvgIpc) is 2.90. The van der Waals surface area contributed by atoms with E-state index in [0.29, 0.717) is 23.5 Å². The number of carbonyl (C=O) groups is 1. The smallest absolute Gasteiger partial charge is 0.168 e. The summed E-state index contributed by atoms with van der Waals surface area (Å²) in [5.74, 6) is 1.22. The van der Waals surface area contributed by atoms with Gasteiger partial charge in [0.05, 0.1) is 19.7 Å². The van der Waals surface area contributed by atoms with Gasteiger partial charge in [0, 0.05) is 23.1 Å². The van der Waals surface area contributed by atoms with E-state index in [-0.39, 0.29) is 5.78 Å². The van der Waals surface area contributed by atoms with E-state index in [0.717, 1.165) is 4.88 Å². The van der Waals surface area contributed by atoms with Crippen LogP contribution in [0.5, 0.6) is 11.5 Å². The fourth-order valence-corrected chi connectivity index (χ4v) is 2.19. The molecular formula is C13H13NO3S. The molecular weight excluding hydrogens is 250 g/mol. The zero-order chi connectivity index (χ0) is 13.0. The molecule has 0 N–H and O–H groups in total. The lowest BCUT2D eigenvalue weighted by molar-refractivity contribution is 0.0993. The summed E-state index contributed by atoms with van der Waals surface area (Å²) >= 11 is 1.48. The van der Waals surface area contributed by atoms with Crippen molar-refractivity contribution < 1.29 is 14.3 Å². The van der Waals surface area contributed by atoms with Gasteiger partial charge >= 0.3 is 0 Å². The Hall–Kier alpha value is -1.88. The van der Waals surface area contributed by atoms with Gasteiger partial charge in [-0.15, -0.1) is 11.3 Å². The highest BCUT2D eigenvalue weighted by Crippen LogP contribution is 2.28. The molecule has 0 saturated heterocycles. The van der Waals surface area contributed by atoms with E-state index >= 15 is 0 Å². The second-order valence-corrected chi connectivity index (χ2v) is 4.61. The van der Waals surface area contributed by atoms with Crippen LogP contribution in [0.4, 0.5) is 0 Å². The van der Waals surface area contributed by atoms with Crippen LogP contribution in [0, 0.1) is 0 Å². The molecule has 5 heteroatoms. The van der Waals surface area contributed by atoms with E-state index in [4.69, 9.17) is 9.47 Å². The predicted octanol–water partition coefficient (Wildman–Crippen LogP) is 2.59. The first-order valence-corrected chi connectivity index (χ1v) is 6.25. The Bertz CT molecular complexity index is 537. The van der Waals surface area contributed by atoms with Crippen molar-refractivity contribution in [1.29, 1.82) is 0 Å². The second-order valence-electron chi connectivity index (χ2n) is 3.64. The van der Waals surface area contributed by atoms with Crippen molar-refractivity contribution in [2.24, 2.45) is 0 Å². The molecule has 94 valence electrons. The molecule has 0 atom stereocenters. The largest absolute Gasteiger partial charge is 0.493 e. The lowest BCUT2D eigenvalue weighted by Crippen LogP contribution is -2.03. The van der Waals surface area contributed by atoms with Crippen LogP contribution in [0.1, 0.15) is 15.2 Å². The molecule has 2 rings (SSSR count). The van der Waals surface area contributed by atoms with Crippen LogP contribution in [-0.4, -0.2) is 25.0 Å². The quantitative estimate of drug-likeness (QED) is 0.778. The normalized spacial score (nSPS) is 10.1. The molecule has 0 aliphatic carbocycles. The number of nitrogens with zero attached hydrogens (tertiary/aromatic N) is 1. The number of ether oxygens (including phenoxy) is 2. The Labute approximate surface area is 109 Å². The van der Waals surface area contributed by atoms with Crippen molar-refractivity contribution in [3.8, 4) is 11.5 Å². The first-order chi connectivity index (χ1) is 8.74. The van der Waals surface area contributed by atoms with E-state index in [1.54, 1.807) is 44.1 Å². The van der Waals surface area contributed by atoms with Crippen LogP contribution >= 0.6 is 11.3 Å². The number of benzene rings is 1. The standard InChI is InChI=1S/C13H13NO3S/c1-16-12-4-3-9(5-13(12)17-2)11(15)6-10-7-14-8-18-10/h3-5,7-8H,6H2,1-2H3. The van der Waals surface area contributed by atoms with Gasteiger partial charge in [0.2, 0.25) is 0 Å². The fraction of sp³-hybridized carbons (Fsp3) is 0.231. The maximum atomic E-state index is 12.1. The van der Waals surface area contributed by atoms with Crippen LogP contribution in [0.15, 0.2) is 29.9 Å². The van der Waals surface area contributed by atoms with Crippen LogP contribution < -0.4 is 9.47 Å². The molecule has 18 heavy (non-hydrogen) atoms. The Balaban J connectivity index is 2.20. The van der Waals surface area contributed by atoms with E-state index in [2.05, 4.69) is 4.98 Å². The third kappa shape index (κ3) is 2.68. The van der Waals surface area contributed by atoms with Gasteiger partial charge in [0.25, 0.3) is 0 Å². The van der Waals surface area contributed by atoms with Crippen LogP contribution in [0.3, 0.4) is 0 Å². The SMILES string of the molecule is COc1ccc(C(=O)Cc2cncs2)cc1OC. The van der Waals surface area contributed by atoms with Crippen molar-refractivity contribution in [3.63, 3.8) is 0 Å². The fourth-order valence-electron chi connectivity index (χ4n) is 1.60. The number of carbonyl (C=O) groups excluding carboxylic acids is 1. The summed E-state index contributed by atoms with van der Waals surface area (Å²) in [7, 11) is 3.12. The van der Waals surface area contributed by atoms with Gasteiger partial charge in [-0.05, 0) is 18.2 Å². The molecule has 0 saturated carbocycles. The zero-order valence-corrected chi connectivity index (χ0v) is 11.0. The molecule has 0 radical (unpaired) electrons. The Kier molecular flexibility index (Phi) is 3.94. The average molecular weight is 263 g/mol. The number of aromatic nitrogens is 1. The Morgan fingerprint density at radius 3 is 2.67 bits per heavy atom. The molecule has 0 amide bonds. The molecule has 4 nitrogen and oxygen atoms in total. The first kappa shape index (κ1) is 12.6. The van der Waals surface area contributed by atoms with E-state index < -0.39 is 0 Å². The Morgan fingerprint density at radius 2 is 2.06 bits per heavy atom. The van der Waals surface area contributed by atoms with E-state index in [9.17, 15) is 4.79 Å². The van der Waals surface area contributed by atoms with E-state index in [1.807, 2.05) is 0 Å². The third-order valence-electron chi connectivity index (χ3n) is 2.52. The van der Waals surface area contributed by atoms with Crippen molar-refractivity contribution in [3.05, 3.63) is 40.3 Å². The summed E-state index contributed by atoms with van der Waals surface area (Å²) in [6.07, 6.45) is 2.07. The highest BCUT2D eigenvalue weighted by Gasteiger charge is 2.12. The summed E-state index contributed by atoms with van der Waals surface area (Å²) in [6.45, 7) is 0. The number of hydrogen-bond donors (Lipinski definition) is 0. The minimum Gasteiger partial charge on any atom is -0.493 e. The van der Waals surface area contributed by atoms with Crippen molar-refractivity contribution in [2.75, 3.05) is 14.2 Å². The van der Waals surface area contributed by atoms with Crippen molar-refractivity contribution >= 4 is 17.1 Å². The molecule has 0 bridgehead atoms. The number of hydrogen-bond acceptors (Lipinski definition) is 5. The number of rotatable bonds is 5. The van der Waals surface area contributed by atoms with Gasteiger partial charge in [0.1, 0.15) is 0 Å². The number of Topliss-reactive ketones (excluding diaryl/α,β-unsaturated/α-hetero) is 1. The maximum absolute atomic E-state index is 12.1. The number of thiazole rings is 1. The molecule has 0 aliphatic rings. The van der Waals surface area contributed by atoms with Gasteiger partial charge < -0.3 is 9.47 Å². The minimum absolute atomic E-state index is 0.0419. The summed E-state index contributed by atoms with van der Waals surface area (Å²) in [4.78, 5) is 17.0. The minimum atomic E-state index is 0.0419. The summed E-state index contributed by atoms with van der Waals surface area (Å²) < 4.78 is 10.3. The lowest BCUT2D eigenvalue weighted by Gasteiger charge is -2.08. The van der Waals surface area contributed by atoms with Crippen LogP contribution in [0.2, 0.25) is 0 Å². The highest BCUT2D eigenvalue weighted by atomic mass is 32.1. The molecule has 0 fully saturated rings. The monoisotopic (exact) mass is 263 g/mol.